The van der Waals surface area contributed by atoms with Gasteiger partial charge in [-0.3, -0.25) is 14.8 Å². The fourth-order valence-electron chi connectivity index (χ4n) is 2.05. The first-order valence-electron chi connectivity index (χ1n) is 7.44. The van der Waals surface area contributed by atoms with Gasteiger partial charge in [0.25, 0.3) is 20.3 Å². The minimum atomic E-state index is -3.97. The number of carbonyl (C=O) groups is 1. The smallest absolute Gasteiger partial charge is 0.291 e. The van der Waals surface area contributed by atoms with Crippen molar-refractivity contribution in [2.75, 3.05) is 10.0 Å². The Morgan fingerprint density at radius 2 is 1.78 bits per heavy atom. The number of hydrogen-bond donors (Lipinski definition) is 2. The van der Waals surface area contributed by atoms with Gasteiger partial charge in [0.1, 0.15) is 0 Å². The molecule has 0 aliphatic rings. The SMILES string of the molecule is Cc1c(Cl)cccc1NS(=O)(=O)c1nnc(NC(=O)c2ccc(Cl)cc2)s1. The second-order valence-corrected chi connectivity index (χ2v) is 9.03. The third-order valence-electron chi connectivity index (χ3n) is 3.48. The summed E-state index contributed by atoms with van der Waals surface area (Å²) in [6, 6.07) is 11.1. The highest BCUT2D eigenvalue weighted by Crippen LogP contribution is 2.27. The summed E-state index contributed by atoms with van der Waals surface area (Å²) >= 11 is 12.5. The van der Waals surface area contributed by atoms with Crippen molar-refractivity contribution in [3.05, 3.63) is 63.6 Å². The van der Waals surface area contributed by atoms with E-state index in [1.165, 1.54) is 0 Å². The van der Waals surface area contributed by atoms with E-state index in [4.69, 9.17) is 23.2 Å². The van der Waals surface area contributed by atoms with Crippen molar-refractivity contribution in [1.82, 2.24) is 10.2 Å². The summed E-state index contributed by atoms with van der Waals surface area (Å²) in [4.78, 5) is 12.2. The topological polar surface area (TPSA) is 101 Å². The van der Waals surface area contributed by atoms with E-state index in [0.29, 0.717) is 26.9 Å². The molecule has 0 saturated heterocycles. The first-order chi connectivity index (χ1) is 12.8. The Bertz CT molecular complexity index is 1100. The van der Waals surface area contributed by atoms with Crippen LogP contribution in [-0.2, 0) is 10.0 Å². The first-order valence-corrected chi connectivity index (χ1v) is 10.5. The van der Waals surface area contributed by atoms with Crippen molar-refractivity contribution in [3.8, 4) is 0 Å². The van der Waals surface area contributed by atoms with Crippen LogP contribution in [0.3, 0.4) is 0 Å². The maximum absolute atomic E-state index is 12.5. The van der Waals surface area contributed by atoms with Crippen molar-refractivity contribution < 1.29 is 13.2 Å². The molecule has 1 amide bonds. The van der Waals surface area contributed by atoms with Crippen LogP contribution in [0.1, 0.15) is 15.9 Å². The number of carbonyl (C=O) groups excluding carboxylic acids is 1. The number of anilines is 2. The average Bonchev–Trinajstić information content (AvgIpc) is 3.09. The molecule has 0 spiro atoms. The molecule has 0 atom stereocenters. The van der Waals surface area contributed by atoms with Gasteiger partial charge >= 0.3 is 0 Å². The van der Waals surface area contributed by atoms with Crippen LogP contribution < -0.4 is 10.0 Å². The van der Waals surface area contributed by atoms with Gasteiger partial charge in [0.2, 0.25) is 5.13 Å². The number of hydrogen-bond acceptors (Lipinski definition) is 6. The maximum atomic E-state index is 12.5. The van der Waals surface area contributed by atoms with Crippen LogP contribution in [0.4, 0.5) is 10.8 Å². The van der Waals surface area contributed by atoms with E-state index in [-0.39, 0.29) is 9.47 Å². The van der Waals surface area contributed by atoms with Gasteiger partial charge in [0.15, 0.2) is 0 Å². The van der Waals surface area contributed by atoms with Crippen LogP contribution in [0.5, 0.6) is 0 Å². The van der Waals surface area contributed by atoms with E-state index in [2.05, 4.69) is 20.2 Å². The Hall–Kier alpha value is -2.20. The number of rotatable bonds is 5. The molecule has 0 radical (unpaired) electrons. The molecule has 0 aliphatic heterocycles. The summed E-state index contributed by atoms with van der Waals surface area (Å²) in [5.41, 5.74) is 1.28. The lowest BCUT2D eigenvalue weighted by atomic mass is 10.2. The van der Waals surface area contributed by atoms with Gasteiger partial charge in [-0.2, -0.15) is 8.42 Å². The summed E-state index contributed by atoms with van der Waals surface area (Å²) in [5, 5.41) is 10.8. The van der Waals surface area contributed by atoms with Gasteiger partial charge in [-0.25, -0.2) is 0 Å². The fraction of sp³-hybridized carbons (Fsp3) is 0.0625. The zero-order valence-electron chi connectivity index (χ0n) is 13.7. The van der Waals surface area contributed by atoms with Crippen LogP contribution >= 0.6 is 34.5 Å². The van der Waals surface area contributed by atoms with Gasteiger partial charge in [-0.15, -0.1) is 10.2 Å². The lowest BCUT2D eigenvalue weighted by Gasteiger charge is -2.09. The second kappa shape index (κ2) is 7.81. The van der Waals surface area contributed by atoms with Crippen molar-refractivity contribution in [2.45, 2.75) is 11.3 Å². The molecule has 2 N–H and O–H groups in total. The molecular formula is C16H12Cl2N4O3S2. The molecule has 140 valence electrons. The van der Waals surface area contributed by atoms with E-state index >= 15 is 0 Å². The summed E-state index contributed by atoms with van der Waals surface area (Å²) in [5.74, 6) is -0.453. The number of sulfonamides is 1. The number of nitrogens with zero attached hydrogens (tertiary/aromatic N) is 2. The first kappa shape index (κ1) is 19.6. The molecule has 27 heavy (non-hydrogen) atoms. The zero-order valence-corrected chi connectivity index (χ0v) is 16.9. The van der Waals surface area contributed by atoms with E-state index in [1.54, 1.807) is 49.4 Å². The number of halogens is 2. The molecular weight excluding hydrogens is 431 g/mol. The van der Waals surface area contributed by atoms with Crippen LogP contribution in [0.2, 0.25) is 10.0 Å². The van der Waals surface area contributed by atoms with Crippen molar-refractivity contribution in [1.29, 1.82) is 0 Å². The van der Waals surface area contributed by atoms with Crippen LogP contribution in [0.25, 0.3) is 0 Å². The van der Waals surface area contributed by atoms with Crippen molar-refractivity contribution >= 4 is 61.3 Å². The molecule has 0 aliphatic carbocycles. The summed E-state index contributed by atoms with van der Waals surface area (Å²) in [6.45, 7) is 1.69. The number of benzene rings is 2. The number of amides is 1. The second-order valence-electron chi connectivity index (χ2n) is 5.35. The highest BCUT2D eigenvalue weighted by atomic mass is 35.5. The molecule has 0 saturated carbocycles. The quantitative estimate of drug-likeness (QED) is 0.576. The Morgan fingerprint density at radius 1 is 1.07 bits per heavy atom. The lowest BCUT2D eigenvalue weighted by molar-refractivity contribution is 0.102. The van der Waals surface area contributed by atoms with Crippen molar-refractivity contribution in [2.24, 2.45) is 0 Å². The molecule has 2 aromatic carbocycles. The maximum Gasteiger partial charge on any atom is 0.291 e. The Balaban J connectivity index is 1.77. The normalized spacial score (nSPS) is 11.2. The summed E-state index contributed by atoms with van der Waals surface area (Å²) in [6.07, 6.45) is 0. The third kappa shape index (κ3) is 4.56. The highest BCUT2D eigenvalue weighted by molar-refractivity contribution is 7.94. The average molecular weight is 443 g/mol. The fourth-order valence-corrected chi connectivity index (χ4v) is 4.37. The molecule has 1 heterocycles. The number of nitrogens with one attached hydrogen (secondary N) is 2. The monoisotopic (exact) mass is 442 g/mol. The standard InChI is InChI=1S/C16H12Cl2N4O3S2/c1-9-12(18)3-2-4-13(9)22-27(24,25)16-21-20-15(26-16)19-14(23)10-5-7-11(17)8-6-10/h2-8,22H,1H3,(H,19,20,23). The van der Waals surface area contributed by atoms with E-state index in [0.717, 1.165) is 11.3 Å². The predicted octanol–water partition coefficient (Wildman–Crippen LogP) is 4.21. The molecule has 1 aromatic heterocycles. The highest BCUT2D eigenvalue weighted by Gasteiger charge is 2.22. The van der Waals surface area contributed by atoms with Crippen LogP contribution in [-0.4, -0.2) is 24.5 Å². The van der Waals surface area contributed by atoms with E-state index in [1.807, 2.05) is 0 Å². The molecule has 0 unspecified atom stereocenters. The Kier molecular flexibility index (Phi) is 5.66. The minimum Gasteiger partial charge on any atom is -0.296 e. The molecule has 0 bridgehead atoms. The Morgan fingerprint density at radius 3 is 2.48 bits per heavy atom. The molecule has 0 fully saturated rings. The minimum absolute atomic E-state index is 0.0538. The largest absolute Gasteiger partial charge is 0.296 e. The zero-order chi connectivity index (χ0) is 19.6. The van der Waals surface area contributed by atoms with Gasteiger partial charge in [0, 0.05) is 15.6 Å². The van der Waals surface area contributed by atoms with E-state index < -0.39 is 15.9 Å². The number of aromatic nitrogens is 2. The third-order valence-corrected chi connectivity index (χ3v) is 6.71. The Labute approximate surface area is 169 Å². The molecule has 3 rings (SSSR count). The van der Waals surface area contributed by atoms with Crippen LogP contribution in [0, 0.1) is 6.92 Å². The van der Waals surface area contributed by atoms with Gasteiger partial charge in [-0.05, 0) is 48.9 Å². The van der Waals surface area contributed by atoms with Gasteiger partial charge in [0.05, 0.1) is 5.69 Å². The molecule has 3 aromatic rings. The molecule has 11 heteroatoms. The lowest BCUT2D eigenvalue weighted by Crippen LogP contribution is -2.13. The van der Waals surface area contributed by atoms with Crippen LogP contribution in [0.15, 0.2) is 46.8 Å². The van der Waals surface area contributed by atoms with E-state index in [9.17, 15) is 13.2 Å². The van der Waals surface area contributed by atoms with Crippen molar-refractivity contribution in [3.63, 3.8) is 0 Å². The summed E-state index contributed by atoms with van der Waals surface area (Å²) in [7, 11) is -3.97. The molecule has 7 nitrogen and oxygen atoms in total. The summed E-state index contributed by atoms with van der Waals surface area (Å²) < 4.78 is 27.1. The van der Waals surface area contributed by atoms with Gasteiger partial charge in [-0.1, -0.05) is 40.6 Å². The van der Waals surface area contributed by atoms with Gasteiger partial charge < -0.3 is 0 Å². The predicted molar refractivity (Wildman–Crippen MR) is 106 cm³/mol.